The Morgan fingerprint density at radius 3 is 2.70 bits per heavy atom. The summed E-state index contributed by atoms with van der Waals surface area (Å²) in [5.41, 5.74) is 0.335. The summed E-state index contributed by atoms with van der Waals surface area (Å²) < 4.78 is 10.8. The van der Waals surface area contributed by atoms with E-state index in [0.29, 0.717) is 11.6 Å². The van der Waals surface area contributed by atoms with E-state index in [4.69, 9.17) is 9.47 Å². The average Bonchev–Trinajstić information content (AvgIpc) is 3.28. The second-order valence-corrected chi connectivity index (χ2v) is 6.56. The van der Waals surface area contributed by atoms with Crippen LogP contribution >= 0.6 is 0 Å². The van der Waals surface area contributed by atoms with Gasteiger partial charge in [-0.3, -0.25) is 4.90 Å². The van der Waals surface area contributed by atoms with Crippen LogP contribution in [0, 0.1) is 5.92 Å². The third-order valence-electron chi connectivity index (χ3n) is 4.90. The van der Waals surface area contributed by atoms with Gasteiger partial charge in [0.1, 0.15) is 0 Å². The van der Waals surface area contributed by atoms with Gasteiger partial charge in [0, 0.05) is 51.5 Å². The lowest BCUT2D eigenvalue weighted by Gasteiger charge is -2.46. The number of hydrogen-bond acceptors (Lipinski definition) is 4. The Labute approximate surface area is 124 Å². The van der Waals surface area contributed by atoms with Crippen molar-refractivity contribution in [3.8, 4) is 0 Å². The van der Waals surface area contributed by atoms with Gasteiger partial charge in [0.15, 0.2) is 0 Å². The molecule has 0 spiro atoms. The van der Waals surface area contributed by atoms with Crippen molar-refractivity contribution in [2.75, 3.05) is 46.6 Å². The van der Waals surface area contributed by atoms with Crippen molar-refractivity contribution in [2.45, 2.75) is 51.1 Å². The van der Waals surface area contributed by atoms with Gasteiger partial charge in [-0.05, 0) is 38.5 Å². The molecule has 2 aliphatic rings. The van der Waals surface area contributed by atoms with Crippen molar-refractivity contribution in [1.82, 2.24) is 10.2 Å². The molecule has 2 atom stereocenters. The molecule has 2 fully saturated rings. The minimum atomic E-state index is 0.335. The molecule has 2 rings (SSSR count). The number of methoxy groups -OCH3 is 1. The molecule has 2 unspecified atom stereocenters. The first-order chi connectivity index (χ1) is 9.69. The van der Waals surface area contributed by atoms with Crippen LogP contribution < -0.4 is 5.32 Å². The van der Waals surface area contributed by atoms with E-state index in [9.17, 15) is 0 Å². The van der Waals surface area contributed by atoms with Crippen LogP contribution in [0.2, 0.25) is 0 Å². The fraction of sp³-hybridized carbons (Fsp3) is 1.00. The first-order valence-corrected chi connectivity index (χ1v) is 8.25. The lowest BCUT2D eigenvalue weighted by Crippen LogP contribution is -2.64. The summed E-state index contributed by atoms with van der Waals surface area (Å²) in [6, 6.07) is 0.671. The molecule has 1 N–H and O–H groups in total. The molecule has 0 aromatic heterocycles. The Kier molecular flexibility index (Phi) is 6.27. The van der Waals surface area contributed by atoms with E-state index >= 15 is 0 Å². The van der Waals surface area contributed by atoms with Gasteiger partial charge in [0.05, 0.1) is 6.61 Å². The standard InChI is InChI=1S/C16H32N2O2/c1-4-15-12-17-16(2,14-6-7-14)13-18(15)8-11-20-10-5-9-19-3/h14-15,17H,4-13H2,1-3H3. The topological polar surface area (TPSA) is 33.7 Å². The summed E-state index contributed by atoms with van der Waals surface area (Å²) in [7, 11) is 1.74. The number of piperazine rings is 1. The molecule has 1 aliphatic heterocycles. The highest BCUT2D eigenvalue weighted by Gasteiger charge is 2.45. The molecular weight excluding hydrogens is 252 g/mol. The molecule has 0 bridgehead atoms. The SMILES string of the molecule is CCC1CNC(C)(C2CC2)CN1CCOCCCOC. The fourth-order valence-electron chi connectivity index (χ4n) is 3.33. The maximum absolute atomic E-state index is 5.73. The van der Waals surface area contributed by atoms with Crippen LogP contribution in [0.15, 0.2) is 0 Å². The van der Waals surface area contributed by atoms with Crippen molar-refractivity contribution >= 4 is 0 Å². The minimum Gasteiger partial charge on any atom is -0.385 e. The largest absolute Gasteiger partial charge is 0.385 e. The zero-order valence-corrected chi connectivity index (χ0v) is 13.5. The van der Waals surface area contributed by atoms with E-state index in [0.717, 1.165) is 45.2 Å². The number of rotatable bonds is 9. The quantitative estimate of drug-likeness (QED) is 0.656. The molecule has 20 heavy (non-hydrogen) atoms. The highest BCUT2D eigenvalue weighted by molar-refractivity contribution is 5.03. The van der Waals surface area contributed by atoms with E-state index in [1.54, 1.807) is 7.11 Å². The fourth-order valence-corrected chi connectivity index (χ4v) is 3.33. The third-order valence-corrected chi connectivity index (χ3v) is 4.90. The lowest BCUT2D eigenvalue weighted by molar-refractivity contribution is 0.0329. The molecule has 1 aliphatic carbocycles. The highest BCUT2D eigenvalue weighted by atomic mass is 16.5. The Bertz CT molecular complexity index is 284. The van der Waals surface area contributed by atoms with Gasteiger partial charge in [-0.1, -0.05) is 6.92 Å². The van der Waals surface area contributed by atoms with E-state index in [-0.39, 0.29) is 0 Å². The maximum atomic E-state index is 5.73. The van der Waals surface area contributed by atoms with E-state index in [1.165, 1.54) is 25.8 Å². The molecule has 0 amide bonds. The van der Waals surface area contributed by atoms with E-state index < -0.39 is 0 Å². The third kappa shape index (κ3) is 4.42. The van der Waals surface area contributed by atoms with Crippen molar-refractivity contribution in [2.24, 2.45) is 5.92 Å². The predicted molar refractivity (Wildman–Crippen MR) is 82.1 cm³/mol. The molecule has 4 nitrogen and oxygen atoms in total. The summed E-state index contributed by atoms with van der Waals surface area (Å²) in [6.07, 6.45) is 5.02. The first-order valence-electron chi connectivity index (χ1n) is 8.25. The summed E-state index contributed by atoms with van der Waals surface area (Å²) >= 11 is 0. The van der Waals surface area contributed by atoms with Crippen LogP contribution in [0.3, 0.4) is 0 Å². The normalized spacial score (nSPS) is 31.6. The zero-order valence-electron chi connectivity index (χ0n) is 13.5. The summed E-state index contributed by atoms with van der Waals surface area (Å²) in [6.45, 7) is 10.5. The van der Waals surface area contributed by atoms with Gasteiger partial charge in [0.2, 0.25) is 0 Å². The van der Waals surface area contributed by atoms with Crippen LogP contribution in [0.1, 0.15) is 39.5 Å². The zero-order chi connectivity index (χ0) is 14.4. The van der Waals surface area contributed by atoms with Crippen LogP contribution in [0.4, 0.5) is 0 Å². The average molecular weight is 284 g/mol. The predicted octanol–water partition coefficient (Wildman–Crippen LogP) is 1.89. The first kappa shape index (κ1) is 16.2. The van der Waals surface area contributed by atoms with Crippen molar-refractivity contribution in [3.63, 3.8) is 0 Å². The Hall–Kier alpha value is -0.160. The smallest absolute Gasteiger partial charge is 0.0593 e. The Balaban J connectivity index is 1.71. The monoisotopic (exact) mass is 284 g/mol. The van der Waals surface area contributed by atoms with Gasteiger partial charge in [-0.15, -0.1) is 0 Å². The lowest BCUT2D eigenvalue weighted by atomic mass is 9.90. The number of hydrogen-bond donors (Lipinski definition) is 1. The summed E-state index contributed by atoms with van der Waals surface area (Å²) in [5.74, 6) is 0.894. The van der Waals surface area contributed by atoms with Crippen LogP contribution in [-0.4, -0.2) is 63.0 Å². The Morgan fingerprint density at radius 1 is 1.25 bits per heavy atom. The second-order valence-electron chi connectivity index (χ2n) is 6.56. The molecular formula is C16H32N2O2. The van der Waals surface area contributed by atoms with Gasteiger partial charge < -0.3 is 14.8 Å². The van der Waals surface area contributed by atoms with Crippen LogP contribution in [-0.2, 0) is 9.47 Å². The summed E-state index contributed by atoms with van der Waals surface area (Å²) in [5, 5.41) is 3.81. The number of nitrogens with one attached hydrogen (secondary N) is 1. The number of nitrogens with zero attached hydrogens (tertiary/aromatic N) is 1. The van der Waals surface area contributed by atoms with Gasteiger partial charge >= 0.3 is 0 Å². The van der Waals surface area contributed by atoms with E-state index in [2.05, 4.69) is 24.1 Å². The van der Waals surface area contributed by atoms with Crippen LogP contribution in [0.5, 0.6) is 0 Å². The van der Waals surface area contributed by atoms with Gasteiger partial charge in [-0.2, -0.15) is 0 Å². The molecule has 1 saturated carbocycles. The molecule has 4 heteroatoms. The molecule has 0 aromatic carbocycles. The minimum absolute atomic E-state index is 0.335. The Morgan fingerprint density at radius 2 is 2.05 bits per heavy atom. The van der Waals surface area contributed by atoms with Crippen molar-refractivity contribution in [1.29, 1.82) is 0 Å². The van der Waals surface area contributed by atoms with Crippen molar-refractivity contribution < 1.29 is 9.47 Å². The molecule has 1 saturated heterocycles. The molecule has 0 radical (unpaired) electrons. The molecule has 118 valence electrons. The summed E-state index contributed by atoms with van der Waals surface area (Å²) in [4.78, 5) is 2.64. The highest BCUT2D eigenvalue weighted by Crippen LogP contribution is 2.41. The second kappa shape index (κ2) is 7.74. The number of ether oxygens (including phenoxy) is 2. The molecule has 1 heterocycles. The van der Waals surface area contributed by atoms with E-state index in [1.807, 2.05) is 0 Å². The van der Waals surface area contributed by atoms with Gasteiger partial charge in [0.25, 0.3) is 0 Å². The van der Waals surface area contributed by atoms with Gasteiger partial charge in [-0.25, -0.2) is 0 Å². The maximum Gasteiger partial charge on any atom is 0.0593 e. The van der Waals surface area contributed by atoms with Crippen LogP contribution in [0.25, 0.3) is 0 Å². The molecule has 0 aromatic rings. The van der Waals surface area contributed by atoms with Crippen molar-refractivity contribution in [3.05, 3.63) is 0 Å².